The van der Waals surface area contributed by atoms with Gasteiger partial charge in [-0.15, -0.1) is 5.54 Å². The highest BCUT2D eigenvalue weighted by Crippen LogP contribution is 2.53. The fourth-order valence-corrected chi connectivity index (χ4v) is 5.53. The highest BCUT2D eigenvalue weighted by atomic mass is 32.2. The molecule has 26 heavy (non-hydrogen) atoms. The summed E-state index contributed by atoms with van der Waals surface area (Å²) < 4.78 is 27.9. The molecule has 4 atom stereocenters. The van der Waals surface area contributed by atoms with Crippen LogP contribution in [0.2, 0.25) is 19.6 Å². The van der Waals surface area contributed by atoms with Crippen molar-refractivity contribution < 1.29 is 17.4 Å². The van der Waals surface area contributed by atoms with E-state index in [-0.39, 0.29) is 24.3 Å². The molecule has 3 rings (SSSR count). The lowest BCUT2D eigenvalue weighted by molar-refractivity contribution is -0.226. The molecule has 146 valence electrons. The van der Waals surface area contributed by atoms with Crippen molar-refractivity contribution in [3.63, 3.8) is 0 Å². The summed E-state index contributed by atoms with van der Waals surface area (Å²) in [5.74, 6) is 3.57. The molecule has 2 aliphatic heterocycles. The highest BCUT2D eigenvalue weighted by molar-refractivity contribution is 7.85. The third kappa shape index (κ3) is 4.42. The maximum Gasteiger partial charge on any atom is 0.264 e. The van der Waals surface area contributed by atoms with E-state index in [2.05, 4.69) is 42.2 Å². The third-order valence-electron chi connectivity index (χ3n) is 5.59. The summed E-state index contributed by atoms with van der Waals surface area (Å²) in [5, 5.41) is 2.11. The van der Waals surface area contributed by atoms with Crippen LogP contribution in [0.1, 0.15) is 38.5 Å². The number of piperidine rings is 1. The van der Waals surface area contributed by atoms with Gasteiger partial charge in [-0.05, 0) is 44.6 Å². The fourth-order valence-electron chi connectivity index (χ4n) is 4.61. The van der Waals surface area contributed by atoms with Gasteiger partial charge in [-0.2, -0.15) is 13.5 Å². The summed E-state index contributed by atoms with van der Waals surface area (Å²) in [6, 6.07) is 0.00513. The van der Waals surface area contributed by atoms with Gasteiger partial charge >= 0.3 is 0 Å². The molecule has 7 heteroatoms. The van der Waals surface area contributed by atoms with Gasteiger partial charge in [0, 0.05) is 5.92 Å². The molecule has 0 aromatic rings. The number of rotatable bonds is 4. The van der Waals surface area contributed by atoms with Crippen LogP contribution in [0.4, 0.5) is 0 Å². The molecule has 0 aromatic heterocycles. The lowest BCUT2D eigenvalue weighted by Crippen LogP contribution is -2.56. The van der Waals surface area contributed by atoms with Crippen molar-refractivity contribution in [2.75, 3.05) is 12.9 Å². The highest BCUT2D eigenvalue weighted by Gasteiger charge is 2.59. The standard InChI is InChI=1S/C19H31NO4SSi/c1-25(21,22)23-15-16-9-7-12-19-13-8-11-18(24-20(16)19)17(19)10-5-6-14-26(2,3)4/h5,10,16-18H,7-9,11-13,15H2,1-4H3/b10-5-/t16-,17+,18-,19+/m0/s1. The SMILES string of the molecule is C[Si](C)(C)C#C/C=C\[C@@H]1[C@@H]2CCC[C@]13CCC[C@@H](COS(C)(=O)=O)N3O2. The van der Waals surface area contributed by atoms with E-state index >= 15 is 0 Å². The predicted molar refractivity (Wildman–Crippen MR) is 105 cm³/mol. The number of allylic oxidation sites excluding steroid dienone is 1. The average molecular weight is 398 g/mol. The zero-order valence-electron chi connectivity index (χ0n) is 16.3. The van der Waals surface area contributed by atoms with E-state index in [0.29, 0.717) is 5.92 Å². The van der Waals surface area contributed by atoms with E-state index in [4.69, 9.17) is 9.02 Å². The zero-order chi connectivity index (χ0) is 19.0. The number of hydrogen-bond donors (Lipinski definition) is 0. The van der Waals surface area contributed by atoms with E-state index in [1.807, 2.05) is 6.08 Å². The molecule has 2 bridgehead atoms. The first-order valence-corrected chi connectivity index (χ1v) is 14.9. The second-order valence-corrected chi connectivity index (χ2v) is 15.3. The van der Waals surface area contributed by atoms with Gasteiger partial charge in [0.05, 0.1) is 30.5 Å². The monoisotopic (exact) mass is 397 g/mol. The van der Waals surface area contributed by atoms with Crippen LogP contribution in [0, 0.1) is 17.4 Å². The Kier molecular flexibility index (Phi) is 5.72. The molecule has 0 amide bonds. The first-order valence-electron chi connectivity index (χ1n) is 9.61. The molecule has 0 N–H and O–H groups in total. The summed E-state index contributed by atoms with van der Waals surface area (Å²) in [6.07, 6.45) is 11.9. The van der Waals surface area contributed by atoms with Gasteiger partial charge < -0.3 is 0 Å². The smallest absolute Gasteiger partial charge is 0.264 e. The van der Waals surface area contributed by atoms with Crippen LogP contribution in [-0.2, 0) is 19.1 Å². The minimum Gasteiger partial charge on any atom is -0.294 e. The number of nitrogens with zero attached hydrogens (tertiary/aromatic N) is 1. The molecular formula is C19H31NO4SSi. The van der Waals surface area contributed by atoms with Crippen molar-refractivity contribution in [1.29, 1.82) is 0 Å². The lowest BCUT2D eigenvalue weighted by atomic mass is 9.67. The van der Waals surface area contributed by atoms with E-state index in [1.165, 1.54) is 0 Å². The zero-order valence-corrected chi connectivity index (χ0v) is 18.1. The fraction of sp³-hybridized carbons (Fsp3) is 0.789. The molecule has 1 saturated carbocycles. The van der Waals surface area contributed by atoms with Crippen molar-refractivity contribution in [1.82, 2.24) is 5.06 Å². The molecule has 1 spiro atoms. The van der Waals surface area contributed by atoms with Gasteiger partial charge in [-0.25, -0.2) is 0 Å². The van der Waals surface area contributed by atoms with Crippen LogP contribution in [0.3, 0.4) is 0 Å². The van der Waals surface area contributed by atoms with Gasteiger partial charge in [0.1, 0.15) is 8.07 Å². The Bertz CT molecular complexity index is 714. The third-order valence-corrected chi connectivity index (χ3v) is 7.05. The summed E-state index contributed by atoms with van der Waals surface area (Å²) in [4.78, 5) is 6.34. The van der Waals surface area contributed by atoms with Crippen LogP contribution in [0.15, 0.2) is 12.2 Å². The van der Waals surface area contributed by atoms with E-state index in [1.54, 1.807) is 0 Å². The average Bonchev–Trinajstić information content (AvgIpc) is 2.69. The summed E-state index contributed by atoms with van der Waals surface area (Å²) in [6.45, 7) is 6.92. The summed E-state index contributed by atoms with van der Waals surface area (Å²) in [7, 11) is -4.80. The van der Waals surface area contributed by atoms with Gasteiger partial charge in [0.2, 0.25) is 0 Å². The summed E-state index contributed by atoms with van der Waals surface area (Å²) >= 11 is 0. The molecule has 0 radical (unpaired) electrons. The Labute approximate surface area is 159 Å². The molecule has 3 aliphatic rings. The van der Waals surface area contributed by atoms with Gasteiger partial charge in [-0.3, -0.25) is 9.02 Å². The predicted octanol–water partition coefficient (Wildman–Crippen LogP) is 3.11. The minimum absolute atomic E-state index is 0.00513. The maximum atomic E-state index is 11.4. The van der Waals surface area contributed by atoms with Crippen molar-refractivity contribution >= 4 is 18.2 Å². The van der Waals surface area contributed by atoms with Gasteiger partial charge in [0.25, 0.3) is 10.1 Å². The Morgan fingerprint density at radius 3 is 2.62 bits per heavy atom. The minimum atomic E-state index is -3.43. The van der Waals surface area contributed by atoms with Crippen molar-refractivity contribution in [2.24, 2.45) is 5.92 Å². The normalized spacial score (nSPS) is 35.2. The lowest BCUT2D eigenvalue weighted by Gasteiger charge is -2.47. The molecule has 5 nitrogen and oxygen atoms in total. The summed E-state index contributed by atoms with van der Waals surface area (Å²) in [5.41, 5.74) is 3.36. The molecule has 0 unspecified atom stereocenters. The van der Waals surface area contributed by atoms with Gasteiger partial charge in [-0.1, -0.05) is 31.6 Å². The van der Waals surface area contributed by atoms with Crippen LogP contribution in [0.25, 0.3) is 0 Å². The van der Waals surface area contributed by atoms with Crippen molar-refractivity contribution in [3.05, 3.63) is 12.2 Å². The number of hydrogen-bond acceptors (Lipinski definition) is 5. The molecule has 2 heterocycles. The van der Waals surface area contributed by atoms with E-state index < -0.39 is 18.2 Å². The first kappa shape index (κ1) is 20.1. The Morgan fingerprint density at radius 2 is 1.96 bits per heavy atom. The molecule has 3 fully saturated rings. The van der Waals surface area contributed by atoms with Crippen LogP contribution in [-0.4, -0.2) is 52.1 Å². The second kappa shape index (κ2) is 7.40. The molecule has 0 aromatic carbocycles. The van der Waals surface area contributed by atoms with Crippen LogP contribution < -0.4 is 0 Å². The Balaban J connectivity index is 1.78. The van der Waals surface area contributed by atoms with Crippen molar-refractivity contribution in [3.8, 4) is 11.5 Å². The van der Waals surface area contributed by atoms with Crippen LogP contribution >= 0.6 is 0 Å². The molecule has 2 saturated heterocycles. The number of fused-ring (bicyclic) bond motifs is 1. The maximum absolute atomic E-state index is 11.4. The largest absolute Gasteiger partial charge is 0.294 e. The van der Waals surface area contributed by atoms with E-state index in [9.17, 15) is 8.42 Å². The van der Waals surface area contributed by atoms with E-state index in [0.717, 1.165) is 44.8 Å². The Morgan fingerprint density at radius 1 is 1.27 bits per heavy atom. The topological polar surface area (TPSA) is 55.8 Å². The molecular weight excluding hydrogens is 366 g/mol. The number of hydroxylamine groups is 2. The quantitative estimate of drug-likeness (QED) is 0.414. The van der Waals surface area contributed by atoms with Crippen molar-refractivity contribution in [2.45, 2.75) is 75.9 Å². The van der Waals surface area contributed by atoms with Crippen LogP contribution in [0.5, 0.6) is 0 Å². The van der Waals surface area contributed by atoms with Gasteiger partial charge in [0.15, 0.2) is 0 Å². The molecule has 1 aliphatic carbocycles. The first-order chi connectivity index (χ1) is 12.1. The Hall–Kier alpha value is -0.653. The second-order valence-electron chi connectivity index (χ2n) is 8.90.